The van der Waals surface area contributed by atoms with E-state index in [1.165, 1.54) is 0 Å². The third kappa shape index (κ3) is 4.49. The summed E-state index contributed by atoms with van der Waals surface area (Å²) in [5.74, 6) is -0.902. The first kappa shape index (κ1) is 14.9. The van der Waals surface area contributed by atoms with E-state index in [1.54, 1.807) is 29.2 Å². The molecule has 1 saturated carbocycles. The van der Waals surface area contributed by atoms with Gasteiger partial charge in [0.05, 0.1) is 18.1 Å². The Bertz CT molecular complexity index is 559. The highest BCUT2D eigenvalue weighted by atomic mass is 16.4. The highest BCUT2D eigenvalue weighted by Gasteiger charge is 2.32. The molecule has 0 heterocycles. The Kier molecular flexibility index (Phi) is 4.77. The quantitative estimate of drug-likeness (QED) is 0.832. The lowest BCUT2D eigenvalue weighted by Crippen LogP contribution is -2.42. The topological polar surface area (TPSA) is 93.4 Å². The normalized spacial score (nSPS) is 13.3. The van der Waals surface area contributed by atoms with Crippen LogP contribution in [0, 0.1) is 11.3 Å². The Morgan fingerprint density at radius 1 is 1.33 bits per heavy atom. The minimum Gasteiger partial charge on any atom is -0.481 e. The second-order valence-electron chi connectivity index (χ2n) is 5.04. The smallest absolute Gasteiger partial charge is 0.317 e. The molecule has 0 atom stereocenters. The molecule has 2 N–H and O–H groups in total. The minimum absolute atomic E-state index is 0.0409. The van der Waals surface area contributed by atoms with Crippen molar-refractivity contribution in [1.29, 1.82) is 5.26 Å². The number of benzene rings is 1. The molecule has 1 aromatic carbocycles. The number of nitriles is 1. The molecular formula is C15H17N3O3. The first-order valence-corrected chi connectivity index (χ1v) is 6.85. The van der Waals surface area contributed by atoms with Gasteiger partial charge in [-0.3, -0.25) is 4.79 Å². The molecule has 0 aliphatic heterocycles. The molecule has 21 heavy (non-hydrogen) atoms. The van der Waals surface area contributed by atoms with Crippen LogP contribution in [0.1, 0.15) is 30.4 Å². The molecule has 0 aromatic heterocycles. The van der Waals surface area contributed by atoms with Gasteiger partial charge in [-0.25, -0.2) is 4.79 Å². The van der Waals surface area contributed by atoms with E-state index in [0.717, 1.165) is 18.4 Å². The van der Waals surface area contributed by atoms with Gasteiger partial charge < -0.3 is 15.3 Å². The van der Waals surface area contributed by atoms with Crippen molar-refractivity contribution >= 4 is 12.0 Å². The van der Waals surface area contributed by atoms with E-state index >= 15 is 0 Å². The van der Waals surface area contributed by atoms with Crippen LogP contribution in [0.25, 0.3) is 0 Å². The summed E-state index contributed by atoms with van der Waals surface area (Å²) in [4.78, 5) is 24.3. The van der Waals surface area contributed by atoms with E-state index in [1.807, 2.05) is 6.07 Å². The highest BCUT2D eigenvalue weighted by Crippen LogP contribution is 2.26. The van der Waals surface area contributed by atoms with Crippen LogP contribution in [0.15, 0.2) is 24.3 Å². The highest BCUT2D eigenvalue weighted by molar-refractivity contribution is 5.76. The van der Waals surface area contributed by atoms with Crippen molar-refractivity contribution in [1.82, 2.24) is 10.2 Å². The Morgan fingerprint density at radius 2 is 2.00 bits per heavy atom. The summed E-state index contributed by atoms with van der Waals surface area (Å²) >= 11 is 0. The average molecular weight is 287 g/mol. The number of carboxylic acids is 1. The molecule has 0 saturated heterocycles. The summed E-state index contributed by atoms with van der Waals surface area (Å²) < 4.78 is 0. The van der Waals surface area contributed by atoms with Crippen LogP contribution in [0.3, 0.4) is 0 Å². The number of urea groups is 1. The molecule has 1 aromatic rings. The van der Waals surface area contributed by atoms with Crippen molar-refractivity contribution in [3.05, 3.63) is 35.4 Å². The number of aliphatic carboxylic acids is 1. The van der Waals surface area contributed by atoms with E-state index in [2.05, 4.69) is 5.32 Å². The number of carbonyl (C=O) groups is 2. The van der Waals surface area contributed by atoms with Crippen LogP contribution in [0.2, 0.25) is 0 Å². The average Bonchev–Trinajstić information content (AvgIpc) is 3.30. The third-order valence-corrected chi connectivity index (χ3v) is 3.34. The van der Waals surface area contributed by atoms with Gasteiger partial charge in [-0.05, 0) is 30.5 Å². The SMILES string of the molecule is N#Cc1ccc(CNC(=O)N(CCC(=O)O)C2CC2)cc1. The van der Waals surface area contributed by atoms with E-state index in [9.17, 15) is 9.59 Å². The van der Waals surface area contributed by atoms with Crippen molar-refractivity contribution < 1.29 is 14.7 Å². The number of rotatable bonds is 6. The van der Waals surface area contributed by atoms with Gasteiger partial charge in [0.25, 0.3) is 0 Å². The molecule has 6 heteroatoms. The van der Waals surface area contributed by atoms with Crippen LogP contribution in [0.5, 0.6) is 0 Å². The molecule has 0 spiro atoms. The molecule has 2 rings (SSSR count). The molecular weight excluding hydrogens is 270 g/mol. The number of carboxylic acid groups (broad SMARTS) is 1. The van der Waals surface area contributed by atoms with Gasteiger partial charge in [0.15, 0.2) is 0 Å². The monoisotopic (exact) mass is 287 g/mol. The van der Waals surface area contributed by atoms with Crippen LogP contribution in [-0.2, 0) is 11.3 Å². The van der Waals surface area contributed by atoms with E-state index in [4.69, 9.17) is 10.4 Å². The molecule has 0 radical (unpaired) electrons. The summed E-state index contributed by atoms with van der Waals surface area (Å²) in [6.45, 7) is 0.597. The molecule has 2 amide bonds. The van der Waals surface area contributed by atoms with Gasteiger partial charge >= 0.3 is 12.0 Å². The number of amides is 2. The van der Waals surface area contributed by atoms with Gasteiger partial charge in [0, 0.05) is 19.1 Å². The fourth-order valence-electron chi connectivity index (χ4n) is 2.03. The lowest BCUT2D eigenvalue weighted by atomic mass is 10.1. The van der Waals surface area contributed by atoms with E-state index in [0.29, 0.717) is 12.1 Å². The number of hydrogen-bond donors (Lipinski definition) is 2. The van der Waals surface area contributed by atoms with Crippen molar-refractivity contribution in [2.24, 2.45) is 0 Å². The van der Waals surface area contributed by atoms with Crippen LogP contribution in [0.4, 0.5) is 4.79 Å². The zero-order valence-corrected chi connectivity index (χ0v) is 11.6. The summed E-state index contributed by atoms with van der Waals surface area (Å²) in [5, 5.41) is 20.2. The predicted molar refractivity (Wildman–Crippen MR) is 75.4 cm³/mol. The van der Waals surface area contributed by atoms with Gasteiger partial charge in [0.1, 0.15) is 0 Å². The zero-order valence-electron chi connectivity index (χ0n) is 11.6. The molecule has 1 fully saturated rings. The Labute approximate surface area is 123 Å². The zero-order chi connectivity index (χ0) is 15.2. The fourth-order valence-corrected chi connectivity index (χ4v) is 2.03. The molecule has 0 bridgehead atoms. The summed E-state index contributed by atoms with van der Waals surface area (Å²) in [5.41, 5.74) is 1.47. The van der Waals surface area contributed by atoms with Crippen LogP contribution >= 0.6 is 0 Å². The second-order valence-corrected chi connectivity index (χ2v) is 5.04. The Morgan fingerprint density at radius 3 is 2.52 bits per heavy atom. The van der Waals surface area contributed by atoms with Crippen LogP contribution < -0.4 is 5.32 Å². The fraction of sp³-hybridized carbons (Fsp3) is 0.400. The Balaban J connectivity index is 1.86. The van der Waals surface area contributed by atoms with Crippen molar-refractivity contribution in [3.63, 3.8) is 0 Å². The number of hydrogen-bond acceptors (Lipinski definition) is 3. The van der Waals surface area contributed by atoms with E-state index < -0.39 is 5.97 Å². The maximum atomic E-state index is 12.1. The van der Waals surface area contributed by atoms with Gasteiger partial charge in [-0.2, -0.15) is 5.26 Å². The standard InChI is InChI=1S/C15H17N3O3/c16-9-11-1-3-12(4-2-11)10-17-15(21)18(13-5-6-13)8-7-14(19)20/h1-4,13H,5-8,10H2,(H,17,21)(H,19,20). The maximum absolute atomic E-state index is 12.1. The van der Waals surface area contributed by atoms with Gasteiger partial charge in [-0.15, -0.1) is 0 Å². The first-order chi connectivity index (χ1) is 10.1. The molecule has 110 valence electrons. The first-order valence-electron chi connectivity index (χ1n) is 6.85. The summed E-state index contributed by atoms with van der Waals surface area (Å²) in [6, 6.07) is 8.95. The maximum Gasteiger partial charge on any atom is 0.317 e. The Hall–Kier alpha value is -2.55. The third-order valence-electron chi connectivity index (χ3n) is 3.34. The van der Waals surface area contributed by atoms with E-state index in [-0.39, 0.29) is 25.0 Å². The lowest BCUT2D eigenvalue weighted by Gasteiger charge is -2.22. The van der Waals surface area contributed by atoms with Crippen molar-refractivity contribution in [3.8, 4) is 6.07 Å². The summed E-state index contributed by atoms with van der Waals surface area (Å²) in [7, 11) is 0. The number of nitrogens with one attached hydrogen (secondary N) is 1. The number of carbonyl (C=O) groups excluding carboxylic acids is 1. The summed E-state index contributed by atoms with van der Waals surface area (Å²) in [6.07, 6.45) is 1.83. The molecule has 0 unspecified atom stereocenters. The second kappa shape index (κ2) is 6.75. The van der Waals surface area contributed by atoms with Crippen LogP contribution in [-0.4, -0.2) is 34.6 Å². The molecule has 6 nitrogen and oxygen atoms in total. The molecule has 1 aliphatic carbocycles. The minimum atomic E-state index is -0.902. The number of nitrogens with zero attached hydrogens (tertiary/aromatic N) is 2. The molecule has 1 aliphatic rings. The largest absolute Gasteiger partial charge is 0.481 e. The predicted octanol–water partition coefficient (Wildman–Crippen LogP) is 1.71. The van der Waals surface area contributed by atoms with Crippen molar-refractivity contribution in [2.45, 2.75) is 31.8 Å². The van der Waals surface area contributed by atoms with Crippen molar-refractivity contribution in [2.75, 3.05) is 6.54 Å². The van der Waals surface area contributed by atoms with Gasteiger partial charge in [-0.1, -0.05) is 12.1 Å². The van der Waals surface area contributed by atoms with Gasteiger partial charge in [0.2, 0.25) is 0 Å². The lowest BCUT2D eigenvalue weighted by molar-refractivity contribution is -0.137.